The van der Waals surface area contributed by atoms with E-state index in [1.54, 1.807) is 24.3 Å². The maximum atomic E-state index is 11.6. The van der Waals surface area contributed by atoms with Crippen molar-refractivity contribution in [1.29, 1.82) is 0 Å². The van der Waals surface area contributed by atoms with E-state index in [1.165, 1.54) is 6.08 Å². The Bertz CT molecular complexity index is 3010. The standard InChI is InChI=1S/C16H23NO2.C15H21NO3.C15H23NO2.C14H21NO3.C8H14O2.C7H8NO.Y/c1-6-14-11-13(10-12(2)17-14)8-7-9-15(18)19-16(3,4)5;1-11-8-12(9-13(10-17)16-11)6-5-7-14(18)19-15(2,3)4;1-6-13-10-12(9-11(2)16-13)7-8-14(17)18-15(3,4)5;1-10-7-11(8-12(9-16)15-10)5-6-13(17)18-14(2,3)4;1-5-6-7(9)10-8(2,3)4;1-6-3-2-4-7(5-9)8-6;/h7-8,10-11H,6,9H2,1-5H3;5-6,8-9,17H,7,10H2,1-4H3;9-10H,6-8H2,1-5H3;7-8,16H,5-6,9H2,1-4H3;5H,1,6H2,2-4H3;3-4,9H,5H2,1H3;/q;;;;;-1;/b8-7+;6-5+;;;;;. The maximum Gasteiger partial charge on any atom is 0.310 e. The molecule has 0 aromatic carbocycles. The number of rotatable bonds is 19. The van der Waals surface area contributed by atoms with E-state index >= 15 is 0 Å². The third-order valence-electron chi connectivity index (χ3n) is 11.1. The molecule has 0 fully saturated rings. The Morgan fingerprint density at radius 1 is 0.415 bits per heavy atom. The van der Waals surface area contributed by atoms with E-state index in [0.29, 0.717) is 49.2 Å². The van der Waals surface area contributed by atoms with Crippen LogP contribution in [0.15, 0.2) is 85.5 Å². The first-order chi connectivity index (χ1) is 43.0. The number of pyridine rings is 5. The minimum Gasteiger partial charge on any atom is -0.460 e. The zero-order valence-electron chi connectivity index (χ0n) is 60.6. The van der Waals surface area contributed by atoms with Gasteiger partial charge in [-0.25, -0.2) is 0 Å². The van der Waals surface area contributed by atoms with Gasteiger partial charge in [-0.05, 0) is 234 Å². The Morgan fingerprint density at radius 3 is 1.04 bits per heavy atom. The van der Waals surface area contributed by atoms with Gasteiger partial charge in [-0.15, -0.1) is 6.58 Å². The monoisotopic (exact) mass is 1380 g/mol. The van der Waals surface area contributed by atoms with Crippen molar-refractivity contribution in [2.24, 2.45) is 0 Å². The molecule has 5 aromatic rings. The molecule has 0 saturated heterocycles. The summed E-state index contributed by atoms with van der Waals surface area (Å²) < 4.78 is 25.9. The Hall–Kier alpha value is -6.70. The van der Waals surface area contributed by atoms with Gasteiger partial charge < -0.3 is 44.0 Å². The summed E-state index contributed by atoms with van der Waals surface area (Å²) in [4.78, 5) is 78.2. The summed E-state index contributed by atoms with van der Waals surface area (Å²) in [5, 5.41) is 26.7. The first kappa shape index (κ1) is 89.4. The first-order valence-corrected chi connectivity index (χ1v) is 31.6. The average Bonchev–Trinajstić information content (AvgIpc) is 2.07. The molecule has 0 spiro atoms. The second-order valence-corrected chi connectivity index (χ2v) is 26.8. The summed E-state index contributed by atoms with van der Waals surface area (Å²) in [7, 11) is 0. The van der Waals surface area contributed by atoms with E-state index in [9.17, 15) is 24.0 Å². The minimum atomic E-state index is -0.456. The average molecular weight is 1380 g/mol. The number of esters is 5. The fourth-order valence-corrected chi connectivity index (χ4v) is 7.93. The molecule has 19 heteroatoms. The zero-order valence-corrected chi connectivity index (χ0v) is 63.4. The molecule has 0 saturated carbocycles. The van der Waals surface area contributed by atoms with Crippen LogP contribution in [0.5, 0.6) is 0 Å². The van der Waals surface area contributed by atoms with Gasteiger partial charge >= 0.3 is 29.8 Å². The fourth-order valence-electron chi connectivity index (χ4n) is 7.93. The van der Waals surface area contributed by atoms with E-state index in [-0.39, 0.29) is 101 Å². The van der Waals surface area contributed by atoms with Gasteiger partial charge in [-0.1, -0.05) is 56.8 Å². The quantitative estimate of drug-likeness (QED) is 0.0300. The van der Waals surface area contributed by atoms with Gasteiger partial charge in [0.15, 0.2) is 0 Å². The fraction of sp³-hybridized carbons (Fsp3) is 0.520. The smallest absolute Gasteiger partial charge is 0.310 e. The summed E-state index contributed by atoms with van der Waals surface area (Å²) in [5.74, 6) is -1.03. The van der Waals surface area contributed by atoms with Crippen LogP contribution in [-0.4, -0.2) is 98.1 Å². The Morgan fingerprint density at radius 2 is 0.713 bits per heavy atom. The van der Waals surface area contributed by atoms with E-state index in [0.717, 1.165) is 75.0 Å². The molecule has 5 rings (SSSR count). The van der Waals surface area contributed by atoms with Gasteiger partial charge in [0.2, 0.25) is 0 Å². The predicted molar refractivity (Wildman–Crippen MR) is 368 cm³/mol. The molecule has 0 aliphatic carbocycles. The van der Waals surface area contributed by atoms with Crippen molar-refractivity contribution >= 4 is 42.0 Å². The van der Waals surface area contributed by atoms with E-state index < -0.39 is 22.4 Å². The molecule has 94 heavy (non-hydrogen) atoms. The van der Waals surface area contributed by atoms with Crippen LogP contribution in [0.4, 0.5) is 0 Å². The van der Waals surface area contributed by atoms with Gasteiger partial charge in [0.05, 0.1) is 43.9 Å². The van der Waals surface area contributed by atoms with Crippen molar-refractivity contribution in [3.05, 3.63) is 171 Å². The number of aliphatic hydroxyl groups is 3. The van der Waals surface area contributed by atoms with E-state index in [1.807, 2.05) is 193 Å². The van der Waals surface area contributed by atoms with Gasteiger partial charge in [0, 0.05) is 86.3 Å². The Labute approximate surface area is 587 Å². The normalized spacial score (nSPS) is 11.2. The number of aromatic nitrogens is 5. The summed E-state index contributed by atoms with van der Waals surface area (Å²) in [5.41, 5.74) is 10.7. The molecular formula is C75H110N5O13Y-. The third kappa shape index (κ3) is 48.9. The molecule has 0 atom stereocenters. The van der Waals surface area contributed by atoms with Crippen molar-refractivity contribution in [2.75, 3.05) is 0 Å². The summed E-state index contributed by atoms with van der Waals surface area (Å²) in [6.45, 7) is 44.9. The van der Waals surface area contributed by atoms with Crippen LogP contribution in [0.25, 0.3) is 12.2 Å². The largest absolute Gasteiger partial charge is 0.460 e. The second kappa shape index (κ2) is 44.9. The number of ether oxygens (including phenoxy) is 5. The van der Waals surface area contributed by atoms with Gasteiger partial charge in [-0.2, -0.15) is 18.2 Å². The molecule has 18 nitrogen and oxygen atoms in total. The molecule has 1 radical (unpaired) electrons. The van der Waals surface area contributed by atoms with Crippen molar-refractivity contribution in [1.82, 2.24) is 24.9 Å². The second-order valence-electron chi connectivity index (χ2n) is 26.8. The minimum absolute atomic E-state index is 0. The zero-order chi connectivity index (χ0) is 71.3. The number of nitrogens with zero attached hydrogens (tertiary/aromatic N) is 5. The summed E-state index contributed by atoms with van der Waals surface area (Å²) in [6.07, 6.45) is 13.6. The number of carbonyl (C=O) groups is 5. The number of hydrogen-bond donors (Lipinski definition) is 3. The van der Waals surface area contributed by atoms with Crippen LogP contribution in [-0.2, 0) is 126 Å². The van der Waals surface area contributed by atoms with Crippen molar-refractivity contribution < 1.29 is 95.7 Å². The Kier molecular flexibility index (Phi) is 42.7. The summed E-state index contributed by atoms with van der Waals surface area (Å²) in [6, 6.07) is 21.9. The molecule has 5 aromatic heterocycles. The van der Waals surface area contributed by atoms with Crippen LogP contribution in [0.2, 0.25) is 0 Å². The molecule has 0 unspecified atom stereocenters. The number of aryl methyl sites for hydroxylation is 9. The van der Waals surface area contributed by atoms with Crippen LogP contribution in [0.1, 0.15) is 229 Å². The number of carbonyl (C=O) groups excluding carboxylic acids is 5. The van der Waals surface area contributed by atoms with Crippen LogP contribution >= 0.6 is 0 Å². The van der Waals surface area contributed by atoms with Gasteiger partial charge in [0.1, 0.15) is 28.0 Å². The SMILES string of the molecule is C=CCC(=O)OC(C)(C)C.CCc1cc(/C=C/CC(=O)OC(C)(C)C)cc(C)n1.CCc1cc(CCC(=O)OC(C)(C)C)cc(C)n1.Cc1c[c-]cc(CO)n1.Cc1cc(/C=C/CC(=O)OC(C)(C)C)cc(CO)n1.Cc1cc(CCC(=O)OC(C)(C)C)cc(CO)n1.[Y]. The maximum absolute atomic E-state index is 11.6. The first-order valence-electron chi connectivity index (χ1n) is 31.6. The van der Waals surface area contributed by atoms with Crippen LogP contribution in [0, 0.1) is 40.7 Å². The molecule has 0 aliphatic heterocycles. The molecule has 0 aliphatic rings. The van der Waals surface area contributed by atoms with Crippen molar-refractivity contribution in [2.45, 2.75) is 258 Å². The van der Waals surface area contributed by atoms with Crippen LogP contribution in [0.3, 0.4) is 0 Å². The van der Waals surface area contributed by atoms with E-state index in [2.05, 4.69) is 57.5 Å². The predicted octanol–water partition coefficient (Wildman–Crippen LogP) is 14.3. The van der Waals surface area contributed by atoms with Crippen LogP contribution < -0.4 is 0 Å². The van der Waals surface area contributed by atoms with Gasteiger partial charge in [-0.3, -0.25) is 43.9 Å². The molecule has 517 valence electrons. The number of aliphatic hydroxyl groups excluding tert-OH is 3. The van der Waals surface area contributed by atoms with Crippen molar-refractivity contribution in [3.8, 4) is 0 Å². The van der Waals surface area contributed by atoms with Gasteiger partial charge in [0.25, 0.3) is 0 Å². The molecule has 5 heterocycles. The number of hydrogen-bond acceptors (Lipinski definition) is 18. The molecule has 0 amide bonds. The summed E-state index contributed by atoms with van der Waals surface area (Å²) >= 11 is 0. The van der Waals surface area contributed by atoms with Crippen molar-refractivity contribution in [3.63, 3.8) is 0 Å². The Balaban J connectivity index is 0. The topological polar surface area (TPSA) is 257 Å². The molecular weight excluding hydrogens is 1270 g/mol. The molecule has 0 bridgehead atoms. The molecule has 3 N–H and O–H groups in total. The van der Waals surface area contributed by atoms with E-state index in [4.69, 9.17) is 39.0 Å². The third-order valence-corrected chi connectivity index (χ3v) is 11.1.